The number of carbonyl (C=O) groups is 1. The molecule has 0 aliphatic carbocycles. The lowest BCUT2D eigenvalue weighted by Crippen LogP contribution is -2.42. The minimum Gasteiger partial charge on any atom is -0.496 e. The van der Waals surface area contributed by atoms with Gasteiger partial charge < -0.3 is 10.1 Å². The van der Waals surface area contributed by atoms with E-state index in [1.807, 2.05) is 35.7 Å². The highest BCUT2D eigenvalue weighted by Gasteiger charge is 2.27. The number of piperidine rings is 1. The van der Waals surface area contributed by atoms with Crippen LogP contribution < -0.4 is 10.1 Å². The van der Waals surface area contributed by atoms with Crippen molar-refractivity contribution in [3.63, 3.8) is 0 Å². The average molecular weight is 373 g/mol. The van der Waals surface area contributed by atoms with Gasteiger partial charge in [-0.25, -0.2) is 0 Å². The van der Waals surface area contributed by atoms with Crippen molar-refractivity contribution in [2.45, 2.75) is 32.2 Å². The van der Waals surface area contributed by atoms with Crippen molar-refractivity contribution in [2.24, 2.45) is 5.92 Å². The van der Waals surface area contributed by atoms with Crippen molar-refractivity contribution in [3.8, 4) is 5.75 Å². The first-order valence-electron chi connectivity index (χ1n) is 9.33. The maximum atomic E-state index is 12.4. The third kappa shape index (κ3) is 4.86. The zero-order valence-corrected chi connectivity index (χ0v) is 16.4. The van der Waals surface area contributed by atoms with Crippen molar-refractivity contribution in [1.29, 1.82) is 0 Å². The number of rotatable bonds is 7. The fraction of sp³-hybridized carbons (Fsp3) is 0.476. The zero-order chi connectivity index (χ0) is 18.4. The number of amides is 1. The molecule has 4 nitrogen and oxygen atoms in total. The first kappa shape index (κ1) is 18.9. The molecule has 5 heteroatoms. The number of methoxy groups -OCH3 is 1. The number of nitrogens with zero attached hydrogens (tertiary/aromatic N) is 1. The van der Waals surface area contributed by atoms with Gasteiger partial charge in [0.1, 0.15) is 5.75 Å². The standard InChI is InChI=1S/C21H28N2O2S/c1-16-9-11-23(12-10-16)19(18-7-3-4-8-20(18)25-2)15-22-21(24)14-17-6-5-13-26-17/h3-8,13,16,19H,9-12,14-15H2,1-2H3,(H,22,24). The third-order valence-corrected chi connectivity index (χ3v) is 6.04. The molecule has 1 aromatic carbocycles. The smallest absolute Gasteiger partial charge is 0.225 e. The SMILES string of the molecule is COc1ccccc1C(CNC(=O)Cc1cccs1)N1CCC(C)CC1. The van der Waals surface area contributed by atoms with Crippen LogP contribution in [0.3, 0.4) is 0 Å². The molecule has 0 bridgehead atoms. The molecular weight excluding hydrogens is 344 g/mol. The van der Waals surface area contributed by atoms with Crippen LogP contribution in [0.15, 0.2) is 41.8 Å². The molecule has 0 saturated carbocycles. The Morgan fingerprint density at radius 3 is 2.73 bits per heavy atom. The second-order valence-corrected chi connectivity index (χ2v) is 8.07. The molecule has 1 unspecified atom stereocenters. The molecule has 0 radical (unpaired) electrons. The molecular formula is C21H28N2O2S. The topological polar surface area (TPSA) is 41.6 Å². The summed E-state index contributed by atoms with van der Waals surface area (Å²) in [6.45, 7) is 5.05. The minimum atomic E-state index is 0.0812. The summed E-state index contributed by atoms with van der Waals surface area (Å²) < 4.78 is 5.59. The second kappa shape index (κ2) is 9.19. The molecule has 1 fully saturated rings. The van der Waals surface area contributed by atoms with Gasteiger partial charge in [-0.1, -0.05) is 31.2 Å². The van der Waals surface area contributed by atoms with Crippen molar-refractivity contribution in [2.75, 3.05) is 26.7 Å². The monoisotopic (exact) mass is 372 g/mol. The largest absolute Gasteiger partial charge is 0.496 e. The molecule has 1 atom stereocenters. The Labute approximate surface area is 160 Å². The molecule has 1 aliphatic heterocycles. The van der Waals surface area contributed by atoms with Crippen LogP contribution in [0.1, 0.15) is 36.2 Å². The lowest BCUT2D eigenvalue weighted by molar-refractivity contribution is -0.120. The van der Waals surface area contributed by atoms with Gasteiger partial charge in [-0.2, -0.15) is 0 Å². The summed E-state index contributed by atoms with van der Waals surface area (Å²) in [5.41, 5.74) is 1.15. The maximum Gasteiger partial charge on any atom is 0.225 e. The van der Waals surface area contributed by atoms with E-state index in [2.05, 4.69) is 23.2 Å². The van der Waals surface area contributed by atoms with E-state index in [-0.39, 0.29) is 11.9 Å². The van der Waals surface area contributed by atoms with Crippen LogP contribution in [0, 0.1) is 5.92 Å². The van der Waals surface area contributed by atoms with Crippen LogP contribution in [0.25, 0.3) is 0 Å². The summed E-state index contributed by atoms with van der Waals surface area (Å²) in [7, 11) is 1.71. The molecule has 1 saturated heterocycles. The van der Waals surface area contributed by atoms with Crippen LogP contribution in [-0.4, -0.2) is 37.6 Å². The van der Waals surface area contributed by atoms with Gasteiger partial charge in [0.25, 0.3) is 0 Å². The lowest BCUT2D eigenvalue weighted by atomic mass is 9.95. The summed E-state index contributed by atoms with van der Waals surface area (Å²) in [4.78, 5) is 16.0. The summed E-state index contributed by atoms with van der Waals surface area (Å²) in [6, 6.07) is 12.3. The quantitative estimate of drug-likeness (QED) is 0.802. The Balaban J connectivity index is 1.71. The van der Waals surface area contributed by atoms with Crippen molar-refractivity contribution in [3.05, 3.63) is 52.2 Å². The second-order valence-electron chi connectivity index (χ2n) is 7.04. The number of likely N-dealkylation sites (tertiary alicyclic amines) is 1. The third-order valence-electron chi connectivity index (χ3n) is 5.16. The molecule has 1 amide bonds. The molecule has 1 aromatic heterocycles. The predicted molar refractivity (Wildman–Crippen MR) is 107 cm³/mol. The summed E-state index contributed by atoms with van der Waals surface area (Å²) in [5, 5.41) is 5.16. The fourth-order valence-corrected chi connectivity index (χ4v) is 4.27. The van der Waals surface area contributed by atoms with Gasteiger partial charge in [0.2, 0.25) is 5.91 Å². The van der Waals surface area contributed by atoms with E-state index in [4.69, 9.17) is 4.74 Å². The number of para-hydroxylation sites is 1. The van der Waals surface area contributed by atoms with Crippen LogP contribution in [0.2, 0.25) is 0 Å². The van der Waals surface area contributed by atoms with Crippen molar-refractivity contribution >= 4 is 17.2 Å². The van der Waals surface area contributed by atoms with E-state index >= 15 is 0 Å². The van der Waals surface area contributed by atoms with E-state index in [1.165, 1.54) is 12.8 Å². The normalized spacial score (nSPS) is 17.0. The van der Waals surface area contributed by atoms with Gasteiger partial charge in [0.05, 0.1) is 19.6 Å². The lowest BCUT2D eigenvalue weighted by Gasteiger charge is -2.37. The van der Waals surface area contributed by atoms with E-state index in [0.717, 1.165) is 35.2 Å². The number of hydrogen-bond acceptors (Lipinski definition) is 4. The highest BCUT2D eigenvalue weighted by atomic mass is 32.1. The maximum absolute atomic E-state index is 12.4. The molecule has 26 heavy (non-hydrogen) atoms. The average Bonchev–Trinajstić information content (AvgIpc) is 3.16. The fourth-order valence-electron chi connectivity index (χ4n) is 3.56. The van der Waals surface area contributed by atoms with Gasteiger partial charge in [0.15, 0.2) is 0 Å². The number of benzene rings is 1. The Kier molecular flexibility index (Phi) is 6.69. The van der Waals surface area contributed by atoms with Crippen molar-refractivity contribution < 1.29 is 9.53 Å². The van der Waals surface area contributed by atoms with E-state index in [1.54, 1.807) is 18.4 Å². The van der Waals surface area contributed by atoms with Crippen LogP contribution in [0.4, 0.5) is 0 Å². The van der Waals surface area contributed by atoms with Crippen molar-refractivity contribution in [1.82, 2.24) is 10.2 Å². The summed E-state index contributed by atoms with van der Waals surface area (Å²) in [6.07, 6.45) is 2.86. The number of carbonyl (C=O) groups excluding carboxylic acids is 1. The Hall–Kier alpha value is -1.85. The van der Waals surface area contributed by atoms with Crippen LogP contribution >= 0.6 is 11.3 Å². The Morgan fingerprint density at radius 1 is 1.27 bits per heavy atom. The summed E-state index contributed by atoms with van der Waals surface area (Å²) in [5.74, 6) is 1.75. The van der Waals surface area contributed by atoms with Crippen LogP contribution in [-0.2, 0) is 11.2 Å². The first-order valence-corrected chi connectivity index (χ1v) is 10.2. The van der Waals surface area contributed by atoms with Crippen LogP contribution in [0.5, 0.6) is 5.75 Å². The summed E-state index contributed by atoms with van der Waals surface area (Å²) >= 11 is 1.62. The molecule has 140 valence electrons. The van der Waals surface area contributed by atoms with Gasteiger partial charge >= 0.3 is 0 Å². The molecule has 2 aromatic rings. The van der Waals surface area contributed by atoms with E-state index in [0.29, 0.717) is 13.0 Å². The zero-order valence-electron chi connectivity index (χ0n) is 15.6. The number of nitrogens with one attached hydrogen (secondary N) is 1. The molecule has 3 rings (SSSR count). The Morgan fingerprint density at radius 2 is 2.04 bits per heavy atom. The van der Waals surface area contributed by atoms with Gasteiger partial charge in [-0.05, 0) is 49.4 Å². The number of thiophene rings is 1. The van der Waals surface area contributed by atoms with Gasteiger partial charge in [-0.15, -0.1) is 11.3 Å². The highest BCUT2D eigenvalue weighted by molar-refractivity contribution is 7.10. The molecule has 2 heterocycles. The Bertz CT molecular complexity index is 694. The number of ether oxygens (including phenoxy) is 1. The molecule has 1 aliphatic rings. The first-order chi connectivity index (χ1) is 12.7. The van der Waals surface area contributed by atoms with E-state index < -0.39 is 0 Å². The van der Waals surface area contributed by atoms with E-state index in [9.17, 15) is 4.79 Å². The van der Waals surface area contributed by atoms with Gasteiger partial charge in [-0.3, -0.25) is 9.69 Å². The molecule has 0 spiro atoms. The number of hydrogen-bond donors (Lipinski definition) is 1. The highest BCUT2D eigenvalue weighted by Crippen LogP contribution is 2.31. The van der Waals surface area contributed by atoms with Gasteiger partial charge in [0, 0.05) is 17.0 Å². The molecule has 1 N–H and O–H groups in total. The predicted octanol–water partition coefficient (Wildman–Crippen LogP) is 3.89. The minimum absolute atomic E-state index is 0.0812.